The molecule has 0 radical (unpaired) electrons. The van der Waals surface area contributed by atoms with Crippen molar-refractivity contribution in [2.24, 2.45) is 0 Å². The van der Waals surface area contributed by atoms with E-state index in [0.29, 0.717) is 17.1 Å². The molecular formula is C20H17F3O4S. The van der Waals surface area contributed by atoms with Gasteiger partial charge in [-0.1, -0.05) is 24.3 Å². The van der Waals surface area contributed by atoms with Gasteiger partial charge in [-0.25, -0.2) is 0 Å². The zero-order valence-corrected chi connectivity index (χ0v) is 15.6. The van der Waals surface area contributed by atoms with Crippen LogP contribution in [0.2, 0.25) is 0 Å². The number of ether oxygens (including phenoxy) is 1. The highest BCUT2D eigenvalue weighted by molar-refractivity contribution is 7.99. The van der Waals surface area contributed by atoms with Gasteiger partial charge >= 0.3 is 12.1 Å². The average molecular weight is 410 g/mol. The Bertz CT molecular complexity index is 891. The number of carbonyl (C=O) groups is 2. The topological polar surface area (TPSA) is 63.6 Å². The number of alkyl halides is 3. The third-order valence-electron chi connectivity index (χ3n) is 3.73. The molecule has 0 aliphatic heterocycles. The SMILES string of the molecule is COc1ccc(C(=O)/C=C/c2ccccc2C(F)(F)F)cc1CSCC(=O)O. The van der Waals surface area contributed by atoms with Crippen LogP contribution in [0.5, 0.6) is 5.75 Å². The molecule has 0 aliphatic rings. The summed E-state index contributed by atoms with van der Waals surface area (Å²) in [5, 5.41) is 8.72. The zero-order valence-electron chi connectivity index (χ0n) is 14.8. The van der Waals surface area contributed by atoms with Crippen LogP contribution in [0.25, 0.3) is 6.08 Å². The van der Waals surface area contributed by atoms with Gasteiger partial charge in [0.15, 0.2) is 5.78 Å². The van der Waals surface area contributed by atoms with Crippen molar-refractivity contribution in [1.29, 1.82) is 0 Å². The summed E-state index contributed by atoms with van der Waals surface area (Å²) in [5.41, 5.74) is -0.0233. The van der Waals surface area contributed by atoms with Gasteiger partial charge in [-0.3, -0.25) is 9.59 Å². The minimum Gasteiger partial charge on any atom is -0.496 e. The summed E-state index contributed by atoms with van der Waals surface area (Å²) in [6.45, 7) is 0. The van der Waals surface area contributed by atoms with Gasteiger partial charge < -0.3 is 9.84 Å². The van der Waals surface area contributed by atoms with Crippen LogP contribution in [0, 0.1) is 0 Å². The van der Waals surface area contributed by atoms with E-state index in [1.54, 1.807) is 12.1 Å². The lowest BCUT2D eigenvalue weighted by Gasteiger charge is -2.10. The molecule has 2 rings (SSSR count). The minimum absolute atomic E-state index is 0.102. The van der Waals surface area contributed by atoms with Crippen molar-refractivity contribution in [3.63, 3.8) is 0 Å². The Labute approximate surface area is 164 Å². The molecule has 4 nitrogen and oxygen atoms in total. The molecule has 0 unspecified atom stereocenters. The normalized spacial score (nSPS) is 11.6. The molecule has 0 spiro atoms. The van der Waals surface area contributed by atoms with E-state index in [1.807, 2.05) is 0 Å². The first kappa shape index (κ1) is 21.6. The van der Waals surface area contributed by atoms with Crippen molar-refractivity contribution in [3.8, 4) is 5.75 Å². The van der Waals surface area contributed by atoms with Crippen LogP contribution in [-0.4, -0.2) is 29.7 Å². The lowest BCUT2D eigenvalue weighted by atomic mass is 10.0. The zero-order chi connectivity index (χ0) is 20.7. The summed E-state index contributed by atoms with van der Waals surface area (Å²) in [5.74, 6) is -0.709. The number of hydrogen-bond acceptors (Lipinski definition) is 4. The molecule has 0 aromatic heterocycles. The number of thioether (sulfide) groups is 1. The van der Waals surface area contributed by atoms with Gasteiger partial charge in [0.05, 0.1) is 18.4 Å². The van der Waals surface area contributed by atoms with E-state index in [4.69, 9.17) is 9.84 Å². The van der Waals surface area contributed by atoms with Gasteiger partial charge in [0.2, 0.25) is 0 Å². The standard InChI is InChI=1S/C20H17F3O4S/c1-27-18-9-7-14(10-15(18)11-28-12-19(25)26)17(24)8-6-13-4-2-3-5-16(13)20(21,22)23/h2-10H,11-12H2,1H3,(H,25,26)/b8-6+. The van der Waals surface area contributed by atoms with Crippen molar-refractivity contribution < 1.29 is 32.6 Å². The van der Waals surface area contributed by atoms with E-state index in [9.17, 15) is 22.8 Å². The third-order valence-corrected chi connectivity index (χ3v) is 4.69. The Morgan fingerprint density at radius 1 is 1.18 bits per heavy atom. The van der Waals surface area contributed by atoms with Gasteiger partial charge in [0.25, 0.3) is 0 Å². The molecule has 2 aromatic carbocycles. The van der Waals surface area contributed by atoms with Crippen LogP contribution in [0.15, 0.2) is 48.5 Å². The summed E-state index contributed by atoms with van der Waals surface area (Å²) in [4.78, 5) is 23.0. The summed E-state index contributed by atoms with van der Waals surface area (Å²) in [7, 11) is 1.45. The third kappa shape index (κ3) is 5.88. The largest absolute Gasteiger partial charge is 0.496 e. The summed E-state index contributed by atoms with van der Waals surface area (Å²) >= 11 is 1.15. The molecule has 0 bridgehead atoms. The smallest absolute Gasteiger partial charge is 0.416 e. The highest BCUT2D eigenvalue weighted by Gasteiger charge is 2.32. The summed E-state index contributed by atoms with van der Waals surface area (Å²) in [6, 6.07) is 9.62. The molecule has 0 saturated heterocycles. The molecule has 1 N–H and O–H groups in total. The van der Waals surface area contributed by atoms with E-state index in [2.05, 4.69) is 0 Å². The summed E-state index contributed by atoms with van der Waals surface area (Å²) < 4.78 is 44.3. The fraction of sp³-hybridized carbons (Fsp3) is 0.200. The predicted octanol–water partition coefficient (Wildman–Crippen LogP) is 4.93. The number of rotatable bonds is 8. The Balaban J connectivity index is 2.23. The van der Waals surface area contributed by atoms with Gasteiger partial charge in [-0.2, -0.15) is 13.2 Å². The molecule has 0 amide bonds. The maximum absolute atomic E-state index is 13.0. The van der Waals surface area contributed by atoms with Crippen molar-refractivity contribution in [2.45, 2.75) is 11.9 Å². The fourth-order valence-electron chi connectivity index (χ4n) is 2.46. The number of carbonyl (C=O) groups excluding carboxylic acids is 1. The average Bonchev–Trinajstić information content (AvgIpc) is 2.65. The minimum atomic E-state index is -4.52. The first-order valence-corrected chi connectivity index (χ1v) is 9.23. The Morgan fingerprint density at radius 3 is 2.54 bits per heavy atom. The van der Waals surface area contributed by atoms with Crippen molar-refractivity contribution in [2.75, 3.05) is 12.9 Å². The van der Waals surface area contributed by atoms with Crippen molar-refractivity contribution >= 4 is 29.6 Å². The van der Waals surface area contributed by atoms with Crippen LogP contribution in [0.1, 0.15) is 27.0 Å². The number of methoxy groups -OCH3 is 1. The van der Waals surface area contributed by atoms with Crippen LogP contribution >= 0.6 is 11.8 Å². The van der Waals surface area contributed by atoms with Gasteiger partial charge in [-0.05, 0) is 35.9 Å². The van der Waals surface area contributed by atoms with E-state index in [-0.39, 0.29) is 16.9 Å². The fourth-order valence-corrected chi connectivity index (χ4v) is 3.18. The summed E-state index contributed by atoms with van der Waals surface area (Å²) in [6.07, 6.45) is -2.30. The first-order valence-electron chi connectivity index (χ1n) is 8.07. The predicted molar refractivity (Wildman–Crippen MR) is 102 cm³/mol. The monoisotopic (exact) mass is 410 g/mol. The number of carboxylic acids is 1. The molecule has 148 valence electrons. The van der Waals surface area contributed by atoms with Crippen LogP contribution in [-0.2, 0) is 16.7 Å². The lowest BCUT2D eigenvalue weighted by Crippen LogP contribution is -2.07. The quantitative estimate of drug-likeness (QED) is 0.494. The van der Waals surface area contributed by atoms with E-state index < -0.39 is 23.5 Å². The maximum Gasteiger partial charge on any atom is 0.416 e. The number of aliphatic carboxylic acids is 1. The molecule has 0 fully saturated rings. The van der Waals surface area contributed by atoms with E-state index in [0.717, 1.165) is 30.0 Å². The van der Waals surface area contributed by atoms with Gasteiger partial charge in [0, 0.05) is 16.9 Å². The molecular weight excluding hydrogens is 393 g/mol. The number of carboxylic acid groups (broad SMARTS) is 1. The van der Waals surface area contributed by atoms with Crippen LogP contribution in [0.3, 0.4) is 0 Å². The van der Waals surface area contributed by atoms with Gasteiger partial charge in [-0.15, -0.1) is 11.8 Å². The lowest BCUT2D eigenvalue weighted by molar-refractivity contribution is -0.137. The molecule has 0 saturated carbocycles. The number of ketones is 1. The molecule has 2 aromatic rings. The highest BCUT2D eigenvalue weighted by Crippen LogP contribution is 2.32. The number of benzene rings is 2. The number of allylic oxidation sites excluding steroid dienone is 1. The Hall–Kier alpha value is -2.74. The molecule has 0 atom stereocenters. The first-order chi connectivity index (χ1) is 13.2. The second-order valence-corrected chi connectivity index (χ2v) is 6.68. The van der Waals surface area contributed by atoms with Crippen LogP contribution in [0.4, 0.5) is 13.2 Å². The Morgan fingerprint density at radius 2 is 1.89 bits per heavy atom. The number of halogens is 3. The molecule has 8 heteroatoms. The molecule has 28 heavy (non-hydrogen) atoms. The second-order valence-electron chi connectivity index (χ2n) is 5.70. The van der Waals surface area contributed by atoms with E-state index >= 15 is 0 Å². The van der Waals surface area contributed by atoms with Crippen LogP contribution < -0.4 is 4.74 Å². The van der Waals surface area contributed by atoms with Crippen molar-refractivity contribution in [1.82, 2.24) is 0 Å². The molecule has 0 aliphatic carbocycles. The molecule has 0 heterocycles. The van der Waals surface area contributed by atoms with Gasteiger partial charge in [0.1, 0.15) is 5.75 Å². The highest BCUT2D eigenvalue weighted by atomic mass is 32.2. The maximum atomic E-state index is 13.0. The Kier molecular flexibility index (Phi) is 7.28. The van der Waals surface area contributed by atoms with E-state index in [1.165, 1.54) is 31.4 Å². The van der Waals surface area contributed by atoms with Crippen molar-refractivity contribution in [3.05, 3.63) is 70.8 Å². The second kappa shape index (κ2) is 9.45. The number of hydrogen-bond donors (Lipinski definition) is 1.